The molecule has 7 heteroatoms. The van der Waals surface area contributed by atoms with Gasteiger partial charge in [-0.3, -0.25) is 0 Å². The molecule has 0 amide bonds. The van der Waals surface area contributed by atoms with Gasteiger partial charge in [0.15, 0.2) is 0 Å². The highest BCUT2D eigenvalue weighted by Crippen LogP contribution is 2.24. The lowest BCUT2D eigenvalue weighted by Gasteiger charge is -2.03. The van der Waals surface area contributed by atoms with E-state index < -0.39 is 8.25 Å². The van der Waals surface area contributed by atoms with Crippen LogP contribution >= 0.6 is 20.0 Å². The van der Waals surface area contributed by atoms with Crippen LogP contribution in [0.15, 0.2) is 0 Å². The predicted molar refractivity (Wildman–Crippen MR) is 127 cm³/mol. The molecule has 29 heavy (non-hydrogen) atoms. The monoisotopic (exact) mass is 452 g/mol. The van der Waals surface area contributed by atoms with Crippen molar-refractivity contribution in [2.45, 2.75) is 103 Å². The number of rotatable bonds is 25. The van der Waals surface area contributed by atoms with Crippen LogP contribution in [-0.2, 0) is 18.7 Å². The Kier molecular flexibility index (Phi) is 26.6. The number of unbranched alkanes of at least 4 members (excludes halogenated alkanes) is 13. The van der Waals surface area contributed by atoms with Gasteiger partial charge in [0.1, 0.15) is 6.61 Å². The molecular weight excluding hydrogens is 405 g/mol. The van der Waals surface area contributed by atoms with E-state index in [-0.39, 0.29) is 0 Å². The summed E-state index contributed by atoms with van der Waals surface area (Å²) >= 11 is 1.96. The van der Waals surface area contributed by atoms with E-state index in [1.807, 2.05) is 18.8 Å². The third-order valence-corrected chi connectivity index (χ3v) is 6.60. The zero-order valence-electron chi connectivity index (χ0n) is 19.1. The number of hydrogen-bond donors (Lipinski definition) is 1. The molecule has 0 spiro atoms. The topological polar surface area (TPSA) is 56.8 Å². The zero-order chi connectivity index (χ0) is 21.3. The van der Waals surface area contributed by atoms with Crippen LogP contribution in [0.5, 0.6) is 0 Å². The molecule has 0 aliphatic rings. The number of nitrogens with one attached hydrogen (secondary N) is 1. The minimum atomic E-state index is -2.15. The number of thioether (sulfide) groups is 1. The largest absolute Gasteiger partial charge is 0.728 e. The summed E-state index contributed by atoms with van der Waals surface area (Å²) in [6, 6.07) is 0. The summed E-state index contributed by atoms with van der Waals surface area (Å²) in [6.07, 6.45) is 20.6. The van der Waals surface area contributed by atoms with Gasteiger partial charge in [0.25, 0.3) is 0 Å². The van der Waals surface area contributed by atoms with E-state index in [4.69, 9.17) is 9.41 Å². The first kappa shape index (κ1) is 29.3. The molecule has 174 valence electrons. The third kappa shape index (κ3) is 26.3. The van der Waals surface area contributed by atoms with Gasteiger partial charge < -0.3 is 5.32 Å². The first-order valence-corrected chi connectivity index (χ1v) is 14.2. The SMILES string of the molecule is CCCCCCCCCCCCCCCCSCCCO[P+](=O)OOCCNC. The van der Waals surface area contributed by atoms with Crippen LogP contribution in [0, 0.1) is 0 Å². The average molecular weight is 453 g/mol. The molecule has 0 aliphatic carbocycles. The molecule has 1 N–H and O–H groups in total. The fourth-order valence-electron chi connectivity index (χ4n) is 3.05. The van der Waals surface area contributed by atoms with Crippen molar-refractivity contribution in [1.82, 2.24) is 5.32 Å². The molecule has 0 saturated carbocycles. The predicted octanol–water partition coefficient (Wildman–Crippen LogP) is 7.43. The van der Waals surface area contributed by atoms with E-state index in [1.165, 1.54) is 95.6 Å². The van der Waals surface area contributed by atoms with Crippen LogP contribution in [0.3, 0.4) is 0 Å². The van der Waals surface area contributed by atoms with Gasteiger partial charge in [0.2, 0.25) is 0 Å². The minimum Gasteiger partial charge on any atom is -0.317 e. The Labute approximate surface area is 185 Å². The molecule has 0 aliphatic heterocycles. The van der Waals surface area contributed by atoms with Crippen LogP contribution in [0.1, 0.15) is 103 Å². The second kappa shape index (κ2) is 26.3. The van der Waals surface area contributed by atoms with Crippen LogP contribution in [-0.4, -0.2) is 38.3 Å². The lowest BCUT2D eigenvalue weighted by atomic mass is 10.0. The Morgan fingerprint density at radius 1 is 0.724 bits per heavy atom. The van der Waals surface area contributed by atoms with E-state index >= 15 is 0 Å². The van der Waals surface area contributed by atoms with E-state index in [0.717, 1.165) is 12.2 Å². The molecule has 5 nitrogen and oxygen atoms in total. The van der Waals surface area contributed by atoms with Gasteiger partial charge in [-0.15, -0.1) is 4.52 Å². The van der Waals surface area contributed by atoms with Gasteiger partial charge in [-0.05, 0) is 31.4 Å². The average Bonchev–Trinajstić information content (AvgIpc) is 2.73. The molecule has 1 atom stereocenters. The molecule has 0 aromatic rings. The molecule has 0 aromatic carbocycles. The normalized spacial score (nSPS) is 11.9. The van der Waals surface area contributed by atoms with Gasteiger partial charge in [0.05, 0.1) is 11.3 Å². The van der Waals surface area contributed by atoms with E-state index in [0.29, 0.717) is 19.8 Å². The van der Waals surface area contributed by atoms with Gasteiger partial charge in [-0.25, -0.2) is 0 Å². The van der Waals surface area contributed by atoms with E-state index in [2.05, 4.69) is 16.9 Å². The smallest absolute Gasteiger partial charge is 0.317 e. The maximum atomic E-state index is 11.3. The van der Waals surface area contributed by atoms with Crippen molar-refractivity contribution in [2.24, 2.45) is 0 Å². The van der Waals surface area contributed by atoms with E-state index in [1.54, 1.807) is 0 Å². The molecule has 0 rings (SSSR count). The second-order valence-corrected chi connectivity index (χ2v) is 9.70. The summed E-state index contributed by atoms with van der Waals surface area (Å²) in [5.74, 6) is 2.26. The van der Waals surface area contributed by atoms with Crippen molar-refractivity contribution >= 4 is 20.0 Å². The lowest BCUT2D eigenvalue weighted by molar-refractivity contribution is -0.207. The Morgan fingerprint density at radius 3 is 1.79 bits per heavy atom. The molecule has 0 bridgehead atoms. The van der Waals surface area contributed by atoms with Crippen molar-refractivity contribution in [1.29, 1.82) is 0 Å². The number of hydrogen-bond acceptors (Lipinski definition) is 6. The Hall–Kier alpha value is 0.290. The minimum absolute atomic E-state index is 0.357. The summed E-state index contributed by atoms with van der Waals surface area (Å²) in [4.78, 5) is 4.75. The Balaban J connectivity index is 3.07. The second-order valence-electron chi connectivity index (χ2n) is 7.62. The first-order valence-electron chi connectivity index (χ1n) is 11.9. The van der Waals surface area contributed by atoms with Crippen LogP contribution in [0.25, 0.3) is 0 Å². The van der Waals surface area contributed by atoms with E-state index in [9.17, 15) is 4.57 Å². The number of likely N-dealkylation sites (N-methyl/N-ethyl adjacent to an activating group) is 1. The molecular formula is C22H47NO4PS+. The Bertz CT molecular complexity index is 338. The van der Waals surface area contributed by atoms with Gasteiger partial charge in [0, 0.05) is 11.1 Å². The van der Waals surface area contributed by atoms with Crippen LogP contribution < -0.4 is 5.32 Å². The van der Waals surface area contributed by atoms with Gasteiger partial charge >= 0.3 is 8.25 Å². The third-order valence-electron chi connectivity index (χ3n) is 4.82. The highest BCUT2D eigenvalue weighted by atomic mass is 32.2. The standard InChI is InChI=1S/C22H47NO4PS/c1-3-4-5-6-7-8-9-10-11-12-13-14-15-16-21-29-22-17-19-26-28(24)27-25-20-18-23-2/h23H,3-22H2,1-2H3/q+1. The summed E-state index contributed by atoms with van der Waals surface area (Å²) in [7, 11) is -0.336. The fraction of sp³-hybridized carbons (Fsp3) is 1.00. The quantitative estimate of drug-likeness (QED) is 0.0672. The van der Waals surface area contributed by atoms with Gasteiger partial charge in [-0.2, -0.15) is 16.6 Å². The van der Waals surface area contributed by atoms with Crippen LogP contribution in [0.4, 0.5) is 0 Å². The zero-order valence-corrected chi connectivity index (χ0v) is 20.8. The molecule has 1 unspecified atom stereocenters. The van der Waals surface area contributed by atoms with Crippen LogP contribution in [0.2, 0.25) is 0 Å². The maximum Gasteiger partial charge on any atom is 0.728 e. The summed E-state index contributed by atoms with van der Waals surface area (Å²) in [6.45, 7) is 3.75. The van der Waals surface area contributed by atoms with Gasteiger partial charge in [-0.1, -0.05) is 90.4 Å². The van der Waals surface area contributed by atoms with Crippen molar-refractivity contribution < 1.29 is 18.7 Å². The molecule has 0 aromatic heterocycles. The van der Waals surface area contributed by atoms with Crippen molar-refractivity contribution in [2.75, 3.05) is 38.3 Å². The van der Waals surface area contributed by atoms with Crippen molar-refractivity contribution in [3.05, 3.63) is 0 Å². The summed E-state index contributed by atoms with van der Waals surface area (Å²) in [5, 5.41) is 2.90. The maximum absolute atomic E-state index is 11.3. The fourth-order valence-corrected chi connectivity index (χ4v) is 4.46. The Morgan fingerprint density at radius 2 is 1.24 bits per heavy atom. The lowest BCUT2D eigenvalue weighted by Crippen LogP contribution is -2.13. The molecule has 0 heterocycles. The van der Waals surface area contributed by atoms with Crippen molar-refractivity contribution in [3.63, 3.8) is 0 Å². The first-order chi connectivity index (χ1) is 14.3. The summed E-state index contributed by atoms with van der Waals surface area (Å²) < 4.78 is 21.0. The molecule has 0 fully saturated rings. The summed E-state index contributed by atoms with van der Waals surface area (Å²) in [5.41, 5.74) is 0. The molecule has 0 radical (unpaired) electrons. The molecule has 0 saturated heterocycles. The van der Waals surface area contributed by atoms with Crippen molar-refractivity contribution in [3.8, 4) is 0 Å². The highest BCUT2D eigenvalue weighted by molar-refractivity contribution is 7.99. The highest BCUT2D eigenvalue weighted by Gasteiger charge is 2.21.